The highest BCUT2D eigenvalue weighted by Gasteiger charge is 2.21. The van der Waals surface area contributed by atoms with E-state index in [9.17, 15) is 0 Å². The fourth-order valence-electron chi connectivity index (χ4n) is 2.99. The Morgan fingerprint density at radius 3 is 2.21 bits per heavy atom. The van der Waals surface area contributed by atoms with Gasteiger partial charge in [0.1, 0.15) is 0 Å². The molecule has 0 bridgehead atoms. The zero-order valence-electron chi connectivity index (χ0n) is 12.6. The number of hydrogen-bond acceptors (Lipinski definition) is 2. The minimum Gasteiger partial charge on any atom is -0.372 e. The predicted molar refractivity (Wildman–Crippen MR) is 83.4 cm³/mol. The first-order valence-corrected chi connectivity index (χ1v) is 7.72. The summed E-state index contributed by atoms with van der Waals surface area (Å²) in [7, 11) is 0. The van der Waals surface area contributed by atoms with Gasteiger partial charge in [-0.2, -0.15) is 0 Å². The van der Waals surface area contributed by atoms with E-state index < -0.39 is 0 Å². The van der Waals surface area contributed by atoms with Crippen molar-refractivity contribution in [1.82, 2.24) is 0 Å². The second-order valence-corrected chi connectivity index (χ2v) is 6.17. The molecule has 1 saturated heterocycles. The van der Waals surface area contributed by atoms with Crippen LogP contribution in [0.15, 0.2) is 24.3 Å². The molecule has 1 heterocycles. The van der Waals surface area contributed by atoms with E-state index in [1.807, 2.05) is 0 Å². The van der Waals surface area contributed by atoms with Crippen LogP contribution in [0.1, 0.15) is 51.6 Å². The maximum Gasteiger partial charge on any atom is 0.0366 e. The van der Waals surface area contributed by atoms with Crippen LogP contribution in [0.2, 0.25) is 0 Å². The molecular formula is C17H28N2. The van der Waals surface area contributed by atoms with Crippen molar-refractivity contribution in [2.45, 2.75) is 46.1 Å². The van der Waals surface area contributed by atoms with Crippen LogP contribution in [0.4, 0.5) is 5.69 Å². The molecule has 0 spiro atoms. The number of rotatable bonds is 4. The highest BCUT2D eigenvalue weighted by molar-refractivity contribution is 5.48. The number of hydrogen-bond donors (Lipinski definition) is 1. The Kier molecular flexibility index (Phi) is 4.87. The van der Waals surface area contributed by atoms with Crippen LogP contribution in [0.25, 0.3) is 0 Å². The lowest BCUT2D eigenvalue weighted by Gasteiger charge is -2.35. The van der Waals surface area contributed by atoms with Gasteiger partial charge in [0, 0.05) is 24.8 Å². The first-order valence-electron chi connectivity index (χ1n) is 7.72. The molecule has 0 aromatic heterocycles. The van der Waals surface area contributed by atoms with Gasteiger partial charge in [-0.05, 0) is 48.8 Å². The summed E-state index contributed by atoms with van der Waals surface area (Å²) in [5, 5.41) is 0. The van der Waals surface area contributed by atoms with E-state index in [2.05, 4.69) is 49.9 Å². The number of nitrogens with zero attached hydrogens (tertiary/aromatic N) is 1. The number of benzene rings is 1. The maximum atomic E-state index is 6.06. The van der Waals surface area contributed by atoms with Crippen molar-refractivity contribution in [3.63, 3.8) is 0 Å². The van der Waals surface area contributed by atoms with Crippen LogP contribution in [-0.2, 0) is 0 Å². The molecule has 1 aliphatic heterocycles. The van der Waals surface area contributed by atoms with Crippen molar-refractivity contribution in [1.29, 1.82) is 0 Å². The molecule has 0 radical (unpaired) electrons. The molecule has 1 atom stereocenters. The zero-order chi connectivity index (χ0) is 13.8. The van der Waals surface area contributed by atoms with Crippen LogP contribution in [0, 0.1) is 11.8 Å². The van der Waals surface area contributed by atoms with Crippen LogP contribution in [0.3, 0.4) is 0 Å². The lowest BCUT2D eigenvalue weighted by Crippen LogP contribution is -2.35. The molecule has 2 rings (SSSR count). The number of nitrogens with two attached hydrogens (primary N) is 1. The van der Waals surface area contributed by atoms with Crippen LogP contribution < -0.4 is 10.6 Å². The normalized spacial score (nSPS) is 18.9. The van der Waals surface area contributed by atoms with Crippen LogP contribution in [0.5, 0.6) is 0 Å². The van der Waals surface area contributed by atoms with E-state index >= 15 is 0 Å². The van der Waals surface area contributed by atoms with E-state index in [4.69, 9.17) is 5.73 Å². The zero-order valence-corrected chi connectivity index (χ0v) is 12.6. The quantitative estimate of drug-likeness (QED) is 0.887. The summed E-state index contributed by atoms with van der Waals surface area (Å²) in [6.45, 7) is 9.22. The Bertz CT molecular complexity index is 375. The molecule has 2 N–H and O–H groups in total. The average Bonchev–Trinajstić information content (AvgIpc) is 2.46. The summed E-state index contributed by atoms with van der Waals surface area (Å²) in [6.07, 6.45) is 3.65. The Balaban J connectivity index is 1.96. The fraction of sp³-hybridized carbons (Fsp3) is 0.647. The van der Waals surface area contributed by atoms with Gasteiger partial charge in [-0.3, -0.25) is 0 Å². The third kappa shape index (κ3) is 3.50. The average molecular weight is 260 g/mol. The summed E-state index contributed by atoms with van der Waals surface area (Å²) in [6, 6.07) is 9.04. The van der Waals surface area contributed by atoms with Gasteiger partial charge in [-0.1, -0.05) is 32.9 Å². The molecule has 1 aliphatic rings. The monoisotopic (exact) mass is 260 g/mol. The Hall–Kier alpha value is -1.02. The molecule has 1 aromatic carbocycles. The van der Waals surface area contributed by atoms with E-state index in [1.165, 1.54) is 37.2 Å². The van der Waals surface area contributed by atoms with Crippen molar-refractivity contribution in [2.24, 2.45) is 17.6 Å². The summed E-state index contributed by atoms with van der Waals surface area (Å²) in [5.41, 5.74) is 8.67. The van der Waals surface area contributed by atoms with Gasteiger partial charge in [-0.15, -0.1) is 0 Å². The standard InChI is InChI=1S/C17H28N2/c1-4-17(18)15-5-7-16(8-6-15)19-11-9-14(10-12-19)13(2)3/h5-8,13-14,17H,4,9-12,18H2,1-3H3. The van der Waals surface area contributed by atoms with E-state index in [-0.39, 0.29) is 6.04 Å². The van der Waals surface area contributed by atoms with Gasteiger partial charge >= 0.3 is 0 Å². The van der Waals surface area contributed by atoms with Gasteiger partial charge in [0.2, 0.25) is 0 Å². The molecule has 2 nitrogen and oxygen atoms in total. The van der Waals surface area contributed by atoms with E-state index in [0.29, 0.717) is 0 Å². The molecule has 1 unspecified atom stereocenters. The Morgan fingerprint density at radius 2 is 1.74 bits per heavy atom. The summed E-state index contributed by atoms with van der Waals surface area (Å²) < 4.78 is 0. The smallest absolute Gasteiger partial charge is 0.0366 e. The minimum absolute atomic E-state index is 0.181. The second kappa shape index (κ2) is 6.42. The van der Waals surface area contributed by atoms with Gasteiger partial charge < -0.3 is 10.6 Å². The summed E-state index contributed by atoms with van der Waals surface area (Å²) in [4.78, 5) is 2.51. The molecule has 0 amide bonds. The van der Waals surface area contributed by atoms with Crippen molar-refractivity contribution in [2.75, 3.05) is 18.0 Å². The molecular weight excluding hydrogens is 232 g/mol. The van der Waals surface area contributed by atoms with Crippen molar-refractivity contribution < 1.29 is 0 Å². The lowest BCUT2D eigenvalue weighted by molar-refractivity contribution is 0.311. The highest BCUT2D eigenvalue weighted by Crippen LogP contribution is 2.28. The van der Waals surface area contributed by atoms with Crippen LogP contribution in [-0.4, -0.2) is 13.1 Å². The summed E-state index contributed by atoms with van der Waals surface area (Å²) in [5.74, 6) is 1.73. The Labute approximate surface area is 118 Å². The predicted octanol–water partition coefficient (Wildman–Crippen LogP) is 3.97. The molecule has 0 saturated carbocycles. The van der Waals surface area contributed by atoms with Crippen molar-refractivity contribution >= 4 is 5.69 Å². The number of piperidine rings is 1. The van der Waals surface area contributed by atoms with E-state index in [1.54, 1.807) is 0 Å². The van der Waals surface area contributed by atoms with Gasteiger partial charge in [0.05, 0.1) is 0 Å². The number of anilines is 1. The Morgan fingerprint density at radius 1 is 1.16 bits per heavy atom. The molecule has 106 valence electrons. The van der Waals surface area contributed by atoms with Crippen molar-refractivity contribution in [3.8, 4) is 0 Å². The first kappa shape index (κ1) is 14.4. The largest absolute Gasteiger partial charge is 0.372 e. The van der Waals surface area contributed by atoms with Gasteiger partial charge in [0.15, 0.2) is 0 Å². The van der Waals surface area contributed by atoms with Crippen LogP contribution >= 0.6 is 0 Å². The topological polar surface area (TPSA) is 29.3 Å². The molecule has 19 heavy (non-hydrogen) atoms. The molecule has 2 heteroatoms. The highest BCUT2D eigenvalue weighted by atomic mass is 15.1. The van der Waals surface area contributed by atoms with Gasteiger partial charge in [0.25, 0.3) is 0 Å². The molecule has 1 fully saturated rings. The first-order chi connectivity index (χ1) is 9.11. The summed E-state index contributed by atoms with van der Waals surface area (Å²) >= 11 is 0. The van der Waals surface area contributed by atoms with Crippen molar-refractivity contribution in [3.05, 3.63) is 29.8 Å². The van der Waals surface area contributed by atoms with Gasteiger partial charge in [-0.25, -0.2) is 0 Å². The molecule has 1 aromatic rings. The SMILES string of the molecule is CCC(N)c1ccc(N2CCC(C(C)C)CC2)cc1. The van der Waals surface area contributed by atoms with E-state index in [0.717, 1.165) is 18.3 Å². The lowest BCUT2D eigenvalue weighted by atomic mass is 9.86. The second-order valence-electron chi connectivity index (χ2n) is 6.17. The maximum absolute atomic E-state index is 6.06. The molecule has 0 aliphatic carbocycles. The minimum atomic E-state index is 0.181. The third-order valence-corrected chi connectivity index (χ3v) is 4.61. The third-order valence-electron chi connectivity index (χ3n) is 4.61. The fourth-order valence-corrected chi connectivity index (χ4v) is 2.99.